The van der Waals surface area contributed by atoms with Crippen LogP contribution >= 0.6 is 22.7 Å². The lowest BCUT2D eigenvalue weighted by molar-refractivity contribution is -0.115. The van der Waals surface area contributed by atoms with Crippen molar-refractivity contribution in [3.8, 4) is 22.2 Å². The number of thiazole rings is 1. The van der Waals surface area contributed by atoms with Crippen LogP contribution in [-0.4, -0.2) is 23.3 Å². The number of anilines is 1. The van der Waals surface area contributed by atoms with Crippen LogP contribution in [0.5, 0.6) is 0 Å². The average Bonchev–Trinajstić information content (AvgIpc) is 3.31. The molecule has 0 saturated carbocycles. The fourth-order valence-electron chi connectivity index (χ4n) is 2.03. The number of terminal acetylenes is 1. The number of carbonyl (C=O) groups excluding carboxylic acids is 2. The fourth-order valence-corrected chi connectivity index (χ4v) is 3.65. The van der Waals surface area contributed by atoms with E-state index in [2.05, 4.69) is 21.5 Å². The Hall–Kier alpha value is -2.95. The molecule has 3 rings (SSSR count). The summed E-state index contributed by atoms with van der Waals surface area (Å²) in [6.07, 6.45) is 5.32. The summed E-state index contributed by atoms with van der Waals surface area (Å²) in [5, 5.41) is 9.67. The number of hydrogen-bond acceptors (Lipinski definition) is 5. The first-order chi connectivity index (χ1) is 12.2. The average molecular weight is 367 g/mol. The predicted molar refractivity (Wildman–Crippen MR) is 101 cm³/mol. The summed E-state index contributed by atoms with van der Waals surface area (Å²) in [6.45, 7) is -0.148. The van der Waals surface area contributed by atoms with Crippen molar-refractivity contribution in [2.24, 2.45) is 0 Å². The van der Waals surface area contributed by atoms with E-state index >= 15 is 0 Å². The van der Waals surface area contributed by atoms with Gasteiger partial charge in [0.1, 0.15) is 10.7 Å². The molecule has 0 aliphatic carbocycles. The number of nitrogens with zero attached hydrogens (tertiary/aromatic N) is 1. The zero-order valence-corrected chi connectivity index (χ0v) is 14.6. The van der Waals surface area contributed by atoms with Crippen LogP contribution in [0.15, 0.2) is 47.2 Å². The van der Waals surface area contributed by atoms with Gasteiger partial charge < -0.3 is 10.6 Å². The second-order valence-electron chi connectivity index (χ2n) is 4.97. The Balaban J connectivity index is 1.55. The van der Waals surface area contributed by atoms with Crippen molar-refractivity contribution in [1.29, 1.82) is 0 Å². The van der Waals surface area contributed by atoms with E-state index in [1.54, 1.807) is 41.0 Å². The van der Waals surface area contributed by atoms with Crippen molar-refractivity contribution >= 4 is 40.2 Å². The standard InChI is InChI=1S/C18H13N3O2S2/c1-2-12-5-3-6-13(9-12)20-16(22)10-19-17(23)14-11-25-18(21-14)15-7-4-8-24-15/h1,3-9,11H,10H2,(H,19,23)(H,20,22). The van der Waals surface area contributed by atoms with Crippen LogP contribution in [0.25, 0.3) is 9.88 Å². The molecule has 0 aliphatic rings. The first-order valence-corrected chi connectivity index (χ1v) is 9.06. The third-order valence-electron chi connectivity index (χ3n) is 3.19. The lowest BCUT2D eigenvalue weighted by Gasteiger charge is -2.06. The molecule has 5 nitrogen and oxygen atoms in total. The van der Waals surface area contributed by atoms with E-state index < -0.39 is 0 Å². The quantitative estimate of drug-likeness (QED) is 0.680. The summed E-state index contributed by atoms with van der Waals surface area (Å²) in [5.41, 5.74) is 1.56. The van der Waals surface area contributed by atoms with Crippen LogP contribution in [0.4, 0.5) is 5.69 Å². The van der Waals surface area contributed by atoms with Crippen LogP contribution in [-0.2, 0) is 4.79 Å². The van der Waals surface area contributed by atoms with Crippen LogP contribution < -0.4 is 10.6 Å². The molecule has 0 spiro atoms. The topological polar surface area (TPSA) is 71.1 Å². The molecule has 2 aromatic heterocycles. The lowest BCUT2D eigenvalue weighted by Crippen LogP contribution is -2.33. The maximum absolute atomic E-state index is 12.1. The molecule has 25 heavy (non-hydrogen) atoms. The normalized spacial score (nSPS) is 10.0. The first-order valence-electron chi connectivity index (χ1n) is 7.30. The molecule has 0 unspecified atom stereocenters. The van der Waals surface area contributed by atoms with Gasteiger partial charge >= 0.3 is 0 Å². The molecular weight excluding hydrogens is 354 g/mol. The lowest BCUT2D eigenvalue weighted by atomic mass is 10.2. The number of carbonyl (C=O) groups is 2. The molecule has 0 atom stereocenters. The Labute approximate surface area is 152 Å². The molecule has 2 amide bonds. The second kappa shape index (κ2) is 7.75. The Bertz CT molecular complexity index is 939. The van der Waals surface area contributed by atoms with Crippen molar-refractivity contribution in [2.45, 2.75) is 0 Å². The van der Waals surface area contributed by atoms with Gasteiger partial charge in [0, 0.05) is 16.6 Å². The van der Waals surface area contributed by atoms with Gasteiger partial charge in [0.25, 0.3) is 5.91 Å². The minimum Gasteiger partial charge on any atom is -0.342 e. The minimum absolute atomic E-state index is 0.148. The molecule has 3 aromatic rings. The molecule has 2 heterocycles. The predicted octanol–water partition coefficient (Wildman–Crippen LogP) is 3.22. The molecule has 2 N–H and O–H groups in total. The zero-order chi connectivity index (χ0) is 17.6. The Morgan fingerprint density at radius 3 is 2.84 bits per heavy atom. The van der Waals surface area contributed by atoms with Crippen molar-refractivity contribution in [3.05, 3.63) is 58.4 Å². The van der Waals surface area contributed by atoms with Crippen molar-refractivity contribution in [2.75, 3.05) is 11.9 Å². The maximum atomic E-state index is 12.1. The van der Waals surface area contributed by atoms with Crippen LogP contribution in [0.1, 0.15) is 16.1 Å². The van der Waals surface area contributed by atoms with Crippen LogP contribution in [0.3, 0.4) is 0 Å². The molecular formula is C18H13N3O2S2. The molecule has 0 bridgehead atoms. The van der Waals surface area contributed by atoms with Gasteiger partial charge in [-0.05, 0) is 29.6 Å². The number of aromatic nitrogens is 1. The summed E-state index contributed by atoms with van der Waals surface area (Å²) >= 11 is 2.96. The third-order valence-corrected chi connectivity index (χ3v) is 5.07. The Morgan fingerprint density at radius 1 is 1.20 bits per heavy atom. The molecule has 0 aliphatic heterocycles. The van der Waals surface area contributed by atoms with Gasteiger partial charge in [-0.1, -0.05) is 18.1 Å². The van der Waals surface area contributed by atoms with E-state index in [9.17, 15) is 9.59 Å². The molecule has 0 radical (unpaired) electrons. The smallest absolute Gasteiger partial charge is 0.271 e. The van der Waals surface area contributed by atoms with E-state index in [-0.39, 0.29) is 18.4 Å². The first kappa shape index (κ1) is 16.9. The van der Waals surface area contributed by atoms with Gasteiger partial charge in [-0.3, -0.25) is 9.59 Å². The number of hydrogen-bond donors (Lipinski definition) is 2. The van der Waals surface area contributed by atoms with Crippen molar-refractivity contribution in [3.63, 3.8) is 0 Å². The highest BCUT2D eigenvalue weighted by Crippen LogP contribution is 2.27. The van der Waals surface area contributed by atoms with E-state index in [1.165, 1.54) is 11.3 Å². The highest BCUT2D eigenvalue weighted by Gasteiger charge is 2.13. The van der Waals surface area contributed by atoms with Crippen molar-refractivity contribution in [1.82, 2.24) is 10.3 Å². The van der Waals surface area contributed by atoms with E-state index in [0.717, 1.165) is 9.88 Å². The maximum Gasteiger partial charge on any atom is 0.271 e. The minimum atomic E-state index is -0.383. The Morgan fingerprint density at radius 2 is 2.08 bits per heavy atom. The van der Waals surface area contributed by atoms with Gasteiger partial charge in [0.2, 0.25) is 5.91 Å². The number of nitrogens with one attached hydrogen (secondary N) is 2. The third kappa shape index (κ3) is 4.32. The van der Waals surface area contributed by atoms with Crippen molar-refractivity contribution < 1.29 is 9.59 Å². The number of amides is 2. The summed E-state index contributed by atoms with van der Waals surface area (Å²) < 4.78 is 0. The van der Waals surface area contributed by atoms with E-state index in [1.807, 2.05) is 17.5 Å². The highest BCUT2D eigenvalue weighted by atomic mass is 32.1. The highest BCUT2D eigenvalue weighted by molar-refractivity contribution is 7.20. The second-order valence-corrected chi connectivity index (χ2v) is 6.78. The van der Waals surface area contributed by atoms with Crippen LogP contribution in [0, 0.1) is 12.3 Å². The molecule has 124 valence electrons. The molecule has 1 aromatic carbocycles. The monoisotopic (exact) mass is 367 g/mol. The number of thiophene rings is 1. The van der Waals surface area contributed by atoms with E-state index in [4.69, 9.17) is 6.42 Å². The SMILES string of the molecule is C#Cc1cccc(NC(=O)CNC(=O)c2csc(-c3cccs3)n2)c1. The molecule has 0 saturated heterocycles. The number of rotatable bonds is 5. The number of benzene rings is 1. The van der Waals surface area contributed by atoms with Gasteiger partial charge in [0.15, 0.2) is 0 Å². The molecule has 7 heteroatoms. The zero-order valence-electron chi connectivity index (χ0n) is 13.0. The Kier molecular flexibility index (Phi) is 5.23. The van der Waals surface area contributed by atoms with E-state index in [0.29, 0.717) is 16.9 Å². The summed E-state index contributed by atoms with van der Waals surface area (Å²) in [7, 11) is 0. The van der Waals surface area contributed by atoms with Gasteiger partial charge in [0.05, 0.1) is 11.4 Å². The van der Waals surface area contributed by atoms with Gasteiger partial charge in [-0.25, -0.2) is 4.98 Å². The largest absolute Gasteiger partial charge is 0.342 e. The van der Waals surface area contributed by atoms with Gasteiger partial charge in [-0.2, -0.15) is 0 Å². The summed E-state index contributed by atoms with van der Waals surface area (Å²) in [6, 6.07) is 10.8. The van der Waals surface area contributed by atoms with Gasteiger partial charge in [-0.15, -0.1) is 29.1 Å². The van der Waals surface area contributed by atoms with Crippen LogP contribution in [0.2, 0.25) is 0 Å². The molecule has 0 fully saturated rings. The fraction of sp³-hybridized carbons (Fsp3) is 0.0556. The summed E-state index contributed by atoms with van der Waals surface area (Å²) in [4.78, 5) is 29.4. The summed E-state index contributed by atoms with van der Waals surface area (Å²) in [5.74, 6) is 1.78.